The van der Waals surface area contributed by atoms with Crippen LogP contribution in [0, 0.1) is 12.3 Å². The lowest BCUT2D eigenvalue weighted by molar-refractivity contribution is -0.119. The van der Waals surface area contributed by atoms with Crippen molar-refractivity contribution in [3.8, 4) is 0 Å². The Morgan fingerprint density at radius 2 is 2.05 bits per heavy atom. The van der Waals surface area contributed by atoms with Gasteiger partial charge in [-0.3, -0.25) is 9.59 Å². The monoisotopic (exact) mass is 306 g/mol. The van der Waals surface area contributed by atoms with Gasteiger partial charge in [-0.05, 0) is 42.9 Å². The molecule has 21 heavy (non-hydrogen) atoms. The van der Waals surface area contributed by atoms with Crippen molar-refractivity contribution in [3.63, 3.8) is 0 Å². The molecule has 0 aromatic heterocycles. The summed E-state index contributed by atoms with van der Waals surface area (Å²) in [6.45, 7) is 4.09. The van der Waals surface area contributed by atoms with Crippen LogP contribution in [0.5, 0.6) is 0 Å². The minimum Gasteiger partial charge on any atom is -0.356 e. The van der Waals surface area contributed by atoms with Crippen molar-refractivity contribution in [2.75, 3.05) is 19.6 Å². The molecule has 0 saturated carbocycles. The molecule has 2 aliphatic heterocycles. The Balaban J connectivity index is 1.67. The number of piperidine rings is 1. The Kier molecular flexibility index (Phi) is 3.66. The largest absolute Gasteiger partial charge is 0.356 e. The Morgan fingerprint density at radius 1 is 1.33 bits per heavy atom. The zero-order valence-electron chi connectivity index (χ0n) is 12.1. The molecule has 1 N–H and O–H groups in total. The lowest BCUT2D eigenvalue weighted by Gasteiger charge is -2.38. The number of rotatable bonds is 1. The predicted octanol–water partition coefficient (Wildman–Crippen LogP) is 2.39. The van der Waals surface area contributed by atoms with Crippen LogP contribution < -0.4 is 5.32 Å². The topological polar surface area (TPSA) is 49.4 Å². The number of carbonyl (C=O) groups is 2. The van der Waals surface area contributed by atoms with Gasteiger partial charge in [0.05, 0.1) is 0 Å². The summed E-state index contributed by atoms with van der Waals surface area (Å²) in [5.74, 6) is 0.170. The van der Waals surface area contributed by atoms with Gasteiger partial charge in [0.15, 0.2) is 0 Å². The first-order valence-electron chi connectivity index (χ1n) is 7.31. The van der Waals surface area contributed by atoms with E-state index in [1.165, 1.54) is 0 Å². The molecule has 2 fully saturated rings. The van der Waals surface area contributed by atoms with Crippen LogP contribution in [0.25, 0.3) is 0 Å². The lowest BCUT2D eigenvalue weighted by Crippen LogP contribution is -2.44. The van der Waals surface area contributed by atoms with Gasteiger partial charge in [0.1, 0.15) is 0 Å². The molecular formula is C16H19ClN2O2. The molecule has 112 valence electrons. The average molecular weight is 307 g/mol. The van der Waals surface area contributed by atoms with E-state index >= 15 is 0 Å². The highest BCUT2D eigenvalue weighted by Crippen LogP contribution is 2.37. The van der Waals surface area contributed by atoms with E-state index in [9.17, 15) is 9.59 Å². The van der Waals surface area contributed by atoms with Crippen LogP contribution in [0.3, 0.4) is 0 Å². The molecule has 2 saturated heterocycles. The number of likely N-dealkylation sites (tertiary alicyclic amines) is 1. The minimum atomic E-state index is 0.0315. The number of aryl methyl sites for hydroxylation is 1. The smallest absolute Gasteiger partial charge is 0.253 e. The fourth-order valence-corrected chi connectivity index (χ4v) is 3.38. The highest BCUT2D eigenvalue weighted by Gasteiger charge is 2.41. The van der Waals surface area contributed by atoms with Gasteiger partial charge in [0.25, 0.3) is 5.91 Å². The van der Waals surface area contributed by atoms with Crippen LogP contribution >= 0.6 is 11.6 Å². The summed E-state index contributed by atoms with van der Waals surface area (Å²) in [6, 6.07) is 5.44. The maximum Gasteiger partial charge on any atom is 0.253 e. The molecule has 3 rings (SSSR count). The number of carbonyl (C=O) groups excluding carboxylic acids is 2. The molecule has 2 amide bonds. The van der Waals surface area contributed by atoms with Gasteiger partial charge >= 0.3 is 0 Å². The standard InChI is InChI=1S/C16H19ClN2O2/c1-11-2-3-12(8-13(11)17)15(21)19-6-4-16(5-7-19)9-14(20)18-10-16/h2-3,8H,4-7,9-10H2,1H3,(H,18,20). The Bertz CT molecular complexity index is 592. The quantitative estimate of drug-likeness (QED) is 0.866. The first-order valence-corrected chi connectivity index (χ1v) is 7.69. The predicted molar refractivity (Wildman–Crippen MR) is 81.4 cm³/mol. The summed E-state index contributed by atoms with van der Waals surface area (Å²) >= 11 is 6.09. The molecule has 4 nitrogen and oxygen atoms in total. The zero-order valence-corrected chi connectivity index (χ0v) is 12.9. The number of nitrogens with zero attached hydrogens (tertiary/aromatic N) is 1. The number of hydrogen-bond donors (Lipinski definition) is 1. The summed E-state index contributed by atoms with van der Waals surface area (Å²) in [5, 5.41) is 3.53. The number of benzene rings is 1. The van der Waals surface area contributed by atoms with Crippen LogP contribution in [0.1, 0.15) is 35.2 Å². The second kappa shape index (κ2) is 5.34. The SMILES string of the molecule is Cc1ccc(C(=O)N2CCC3(CC2)CNC(=O)C3)cc1Cl. The summed E-state index contributed by atoms with van der Waals surface area (Å²) in [4.78, 5) is 25.8. The normalized spacial score (nSPS) is 20.7. The second-order valence-corrected chi connectivity index (χ2v) is 6.62. The van der Waals surface area contributed by atoms with E-state index in [0.29, 0.717) is 30.1 Å². The van der Waals surface area contributed by atoms with Crippen molar-refractivity contribution < 1.29 is 9.59 Å². The maximum atomic E-state index is 12.5. The van der Waals surface area contributed by atoms with E-state index in [4.69, 9.17) is 11.6 Å². The molecule has 2 aliphatic rings. The number of nitrogens with one attached hydrogen (secondary N) is 1. The zero-order chi connectivity index (χ0) is 15.0. The first-order chi connectivity index (χ1) is 9.99. The number of halogens is 1. The van der Waals surface area contributed by atoms with E-state index in [1.807, 2.05) is 24.0 Å². The van der Waals surface area contributed by atoms with E-state index in [-0.39, 0.29) is 17.2 Å². The fraction of sp³-hybridized carbons (Fsp3) is 0.500. The van der Waals surface area contributed by atoms with Crippen molar-refractivity contribution in [2.24, 2.45) is 5.41 Å². The van der Waals surface area contributed by atoms with Crippen LogP contribution in [-0.4, -0.2) is 36.3 Å². The molecule has 0 unspecified atom stereocenters. The van der Waals surface area contributed by atoms with Crippen molar-refractivity contribution in [1.82, 2.24) is 10.2 Å². The fourth-order valence-electron chi connectivity index (χ4n) is 3.20. The molecule has 0 radical (unpaired) electrons. The molecule has 5 heteroatoms. The third-order valence-electron chi connectivity index (χ3n) is 4.73. The Hall–Kier alpha value is -1.55. The maximum absolute atomic E-state index is 12.5. The van der Waals surface area contributed by atoms with Crippen molar-refractivity contribution in [3.05, 3.63) is 34.3 Å². The van der Waals surface area contributed by atoms with Gasteiger partial charge in [-0.25, -0.2) is 0 Å². The minimum absolute atomic E-state index is 0.0315. The summed E-state index contributed by atoms with van der Waals surface area (Å²) in [5.41, 5.74) is 1.68. The Labute approximate surface area is 129 Å². The molecule has 1 spiro atoms. The number of amides is 2. The van der Waals surface area contributed by atoms with Gasteiger partial charge in [0, 0.05) is 36.6 Å². The number of hydrogen-bond acceptors (Lipinski definition) is 2. The third-order valence-corrected chi connectivity index (χ3v) is 5.13. The molecule has 0 atom stereocenters. The van der Waals surface area contributed by atoms with Gasteiger partial charge in [-0.1, -0.05) is 17.7 Å². The highest BCUT2D eigenvalue weighted by molar-refractivity contribution is 6.31. The molecule has 0 bridgehead atoms. The van der Waals surface area contributed by atoms with Crippen LogP contribution in [0.2, 0.25) is 5.02 Å². The van der Waals surface area contributed by atoms with Gasteiger partial charge in [-0.15, -0.1) is 0 Å². The molecule has 1 aromatic rings. The van der Waals surface area contributed by atoms with Crippen LogP contribution in [0.15, 0.2) is 18.2 Å². The van der Waals surface area contributed by atoms with Crippen LogP contribution in [-0.2, 0) is 4.79 Å². The van der Waals surface area contributed by atoms with Gasteiger partial charge < -0.3 is 10.2 Å². The van der Waals surface area contributed by atoms with E-state index < -0.39 is 0 Å². The molecule has 0 aliphatic carbocycles. The van der Waals surface area contributed by atoms with E-state index in [1.54, 1.807) is 6.07 Å². The summed E-state index contributed by atoms with van der Waals surface area (Å²) in [6.07, 6.45) is 2.37. The summed E-state index contributed by atoms with van der Waals surface area (Å²) in [7, 11) is 0. The average Bonchev–Trinajstić information content (AvgIpc) is 2.83. The molecular weight excluding hydrogens is 288 g/mol. The van der Waals surface area contributed by atoms with Gasteiger partial charge in [0.2, 0.25) is 5.91 Å². The third kappa shape index (κ3) is 2.77. The van der Waals surface area contributed by atoms with Gasteiger partial charge in [-0.2, -0.15) is 0 Å². The molecule has 2 heterocycles. The van der Waals surface area contributed by atoms with Crippen molar-refractivity contribution in [2.45, 2.75) is 26.2 Å². The Morgan fingerprint density at radius 3 is 2.62 bits per heavy atom. The lowest BCUT2D eigenvalue weighted by atomic mass is 9.77. The van der Waals surface area contributed by atoms with Crippen LogP contribution in [0.4, 0.5) is 0 Å². The highest BCUT2D eigenvalue weighted by atomic mass is 35.5. The molecule has 1 aromatic carbocycles. The van der Waals surface area contributed by atoms with Crippen molar-refractivity contribution in [1.29, 1.82) is 0 Å². The van der Waals surface area contributed by atoms with Crippen molar-refractivity contribution >= 4 is 23.4 Å². The second-order valence-electron chi connectivity index (χ2n) is 6.21. The van der Waals surface area contributed by atoms with E-state index in [2.05, 4.69) is 5.32 Å². The van der Waals surface area contributed by atoms with E-state index in [0.717, 1.165) is 24.9 Å². The summed E-state index contributed by atoms with van der Waals surface area (Å²) < 4.78 is 0. The first kappa shape index (κ1) is 14.4.